The zero-order valence-corrected chi connectivity index (χ0v) is 28.7. The lowest BCUT2D eigenvalue weighted by Crippen LogP contribution is -2.51. The van der Waals surface area contributed by atoms with Crippen LogP contribution in [0.3, 0.4) is 0 Å². The van der Waals surface area contributed by atoms with Crippen molar-refractivity contribution in [3.05, 3.63) is 49.1 Å². The Kier molecular flexibility index (Phi) is 15.9. The molecule has 0 fully saturated rings. The van der Waals surface area contributed by atoms with Crippen molar-refractivity contribution >= 4 is 45.2 Å². The van der Waals surface area contributed by atoms with Crippen molar-refractivity contribution in [1.29, 1.82) is 0 Å². The van der Waals surface area contributed by atoms with E-state index in [0.717, 1.165) is 13.1 Å². The summed E-state index contributed by atoms with van der Waals surface area (Å²) in [6, 6.07) is 6.14. The Morgan fingerprint density at radius 3 is 1.27 bits per heavy atom. The molecular weight excluding hydrogens is 601 g/mol. The molecule has 0 aliphatic rings. The van der Waals surface area contributed by atoms with Gasteiger partial charge in [-0.3, -0.25) is 19.2 Å². The van der Waals surface area contributed by atoms with Gasteiger partial charge in [0.25, 0.3) is 0 Å². The molecule has 0 bridgehead atoms. The fourth-order valence-corrected chi connectivity index (χ4v) is 6.23. The van der Waals surface area contributed by atoms with Crippen LogP contribution in [0, 0.1) is 0 Å². The molecule has 2 aromatic heterocycles. The van der Waals surface area contributed by atoms with E-state index >= 15 is 0 Å². The van der Waals surface area contributed by atoms with E-state index in [1.54, 1.807) is 0 Å². The summed E-state index contributed by atoms with van der Waals surface area (Å²) in [4.78, 5) is 51.6. The molecule has 2 unspecified atom stereocenters. The molecule has 14 heteroatoms. The third-order valence-electron chi connectivity index (χ3n) is 6.55. The van der Waals surface area contributed by atoms with Crippen molar-refractivity contribution in [1.82, 2.24) is 30.4 Å². The molecule has 0 aromatic carbocycles. The highest BCUT2D eigenvalue weighted by Gasteiger charge is 2.24. The molecule has 0 aliphatic carbocycles. The van der Waals surface area contributed by atoms with Crippen molar-refractivity contribution in [3.8, 4) is 0 Å². The van der Waals surface area contributed by atoms with Crippen LogP contribution in [-0.4, -0.2) is 134 Å². The van der Waals surface area contributed by atoms with Gasteiger partial charge < -0.3 is 39.4 Å². The zero-order valence-electron chi connectivity index (χ0n) is 27.1. The molecule has 0 radical (unpaired) electrons. The van der Waals surface area contributed by atoms with Gasteiger partial charge in [-0.15, -0.1) is 0 Å². The van der Waals surface area contributed by atoms with Crippen molar-refractivity contribution in [2.45, 2.75) is 38.0 Å². The molecule has 2 atom stereocenters. The second-order valence-electron chi connectivity index (χ2n) is 12.8. The number of likely N-dealkylation sites (N-methyl/N-ethyl adjacent to an activating group) is 2. The Morgan fingerprint density at radius 2 is 0.955 bits per heavy atom. The van der Waals surface area contributed by atoms with Crippen LogP contribution in [0.15, 0.2) is 49.1 Å². The summed E-state index contributed by atoms with van der Waals surface area (Å²) in [7, 11) is 15.1. The normalized spacial score (nSPS) is 13.1. The Balaban J connectivity index is 1.95. The number of hydrogen-bond acceptors (Lipinski definition) is 6. The summed E-state index contributed by atoms with van der Waals surface area (Å²) in [6.07, 6.45) is 8.07. The van der Waals surface area contributed by atoms with Crippen LogP contribution in [0.1, 0.15) is 12.8 Å². The van der Waals surface area contributed by atoms with Gasteiger partial charge in [0.15, 0.2) is 0 Å². The second-order valence-corrected chi connectivity index (χ2v) is 15.3. The van der Waals surface area contributed by atoms with Crippen molar-refractivity contribution in [2.24, 2.45) is 0 Å². The number of rotatable bonds is 21. The second kappa shape index (κ2) is 18.8. The minimum atomic E-state index is -0.731. The van der Waals surface area contributed by atoms with Crippen molar-refractivity contribution < 1.29 is 28.1 Å². The van der Waals surface area contributed by atoms with Gasteiger partial charge in [-0.25, -0.2) is 0 Å². The molecule has 2 heterocycles. The molecule has 0 aliphatic heterocycles. The van der Waals surface area contributed by atoms with Gasteiger partial charge in [0.2, 0.25) is 23.6 Å². The van der Waals surface area contributed by atoms with Gasteiger partial charge in [0, 0.05) is 62.2 Å². The smallest absolute Gasteiger partial charge is 0.243 e. The number of nitrogens with zero attached hydrogens (tertiary/aromatic N) is 4. The fourth-order valence-electron chi connectivity index (χ4n) is 3.91. The molecule has 2 rings (SSSR count). The van der Waals surface area contributed by atoms with E-state index < -0.39 is 12.1 Å². The summed E-state index contributed by atoms with van der Waals surface area (Å²) in [6.45, 7) is 3.51. The number of carbonyl (C=O) groups is 4. The molecule has 44 heavy (non-hydrogen) atoms. The lowest BCUT2D eigenvalue weighted by atomic mass is 10.2. The molecular formula is C30H52N8O4S2+2. The Hall–Kier alpha value is -2.94. The lowest BCUT2D eigenvalue weighted by Gasteiger charge is -2.25. The highest BCUT2D eigenvalue weighted by atomic mass is 33.1. The van der Waals surface area contributed by atoms with E-state index in [1.807, 2.05) is 100 Å². The third-order valence-corrected chi connectivity index (χ3v) is 8.97. The predicted molar refractivity (Wildman–Crippen MR) is 179 cm³/mol. The third kappa shape index (κ3) is 16.8. The van der Waals surface area contributed by atoms with Crippen LogP contribution in [0.2, 0.25) is 0 Å². The van der Waals surface area contributed by atoms with Crippen LogP contribution in [0.4, 0.5) is 0 Å². The average molecular weight is 653 g/mol. The van der Waals surface area contributed by atoms with E-state index in [4.69, 9.17) is 0 Å². The first-order valence-electron chi connectivity index (χ1n) is 14.9. The maximum Gasteiger partial charge on any atom is 0.243 e. The largest absolute Gasteiger partial charge is 0.354 e. The SMILES string of the molecule is C[N+](C)(C)CCNC(=O)C(CSSCC(NC(=O)CCn1cccc1)C(=O)NCC[N+](C)(C)C)NC(=O)CCn1cccc1. The monoisotopic (exact) mass is 652 g/mol. The van der Waals surface area contributed by atoms with Gasteiger partial charge in [-0.1, -0.05) is 21.6 Å². The minimum Gasteiger partial charge on any atom is -0.354 e. The Bertz CT molecular complexity index is 1050. The van der Waals surface area contributed by atoms with Gasteiger partial charge >= 0.3 is 0 Å². The number of nitrogens with one attached hydrogen (secondary N) is 4. The van der Waals surface area contributed by atoms with E-state index in [0.29, 0.717) is 46.7 Å². The van der Waals surface area contributed by atoms with Gasteiger partial charge in [-0.2, -0.15) is 0 Å². The predicted octanol–water partition coefficient (Wildman–Crippen LogP) is 0.766. The zero-order chi connectivity index (χ0) is 32.6. The Morgan fingerprint density at radius 1 is 0.614 bits per heavy atom. The molecule has 4 amide bonds. The Labute approximate surface area is 270 Å². The van der Waals surface area contributed by atoms with E-state index in [2.05, 4.69) is 21.3 Å². The number of carbonyl (C=O) groups excluding carboxylic acids is 4. The topological polar surface area (TPSA) is 126 Å². The summed E-state index contributed by atoms with van der Waals surface area (Å²) in [5.74, 6) is -0.273. The first kappa shape index (κ1) is 37.2. The highest BCUT2D eigenvalue weighted by molar-refractivity contribution is 8.76. The summed E-state index contributed by atoms with van der Waals surface area (Å²) >= 11 is 0. The average Bonchev–Trinajstić information content (AvgIpc) is 3.65. The van der Waals surface area contributed by atoms with Crippen LogP contribution < -0.4 is 21.3 Å². The molecule has 246 valence electrons. The standard InChI is InChI=1S/C30H50N8O4S2/c1-37(2,3)21-13-31-29(41)25(33-27(39)11-19-35-15-7-8-16-35)23-43-44-24-26(30(42)32-14-22-38(4,5)6)34-28(40)12-20-36-17-9-10-18-36/h7-10,15-18,25-26H,11-14,19-24H2,1-6H3,(H2-2,31,32,33,34,39,40,41,42)/p+2. The summed E-state index contributed by atoms with van der Waals surface area (Å²) in [5, 5.41) is 11.7. The quantitative estimate of drug-likeness (QED) is 0.0897. The first-order chi connectivity index (χ1) is 20.7. The van der Waals surface area contributed by atoms with Crippen molar-refractivity contribution in [2.75, 3.05) is 80.0 Å². The van der Waals surface area contributed by atoms with Gasteiger partial charge in [-0.05, 0) is 24.3 Å². The molecule has 0 saturated heterocycles. The van der Waals surface area contributed by atoms with E-state index in [9.17, 15) is 19.2 Å². The minimum absolute atomic E-state index is 0.208. The summed E-state index contributed by atoms with van der Waals surface area (Å²) < 4.78 is 5.24. The van der Waals surface area contributed by atoms with Crippen LogP contribution in [-0.2, 0) is 32.3 Å². The molecule has 0 spiro atoms. The van der Waals surface area contributed by atoms with E-state index in [-0.39, 0.29) is 36.5 Å². The van der Waals surface area contributed by atoms with Crippen molar-refractivity contribution in [3.63, 3.8) is 0 Å². The number of amides is 4. The van der Waals surface area contributed by atoms with Crippen LogP contribution in [0.5, 0.6) is 0 Å². The maximum atomic E-state index is 13.1. The fraction of sp³-hybridized carbons (Fsp3) is 0.600. The number of hydrogen-bond donors (Lipinski definition) is 4. The summed E-state index contributed by atoms with van der Waals surface area (Å²) in [5.41, 5.74) is 0. The number of aryl methyl sites for hydroxylation is 2. The van der Waals surface area contributed by atoms with Crippen LogP contribution in [0.25, 0.3) is 0 Å². The van der Waals surface area contributed by atoms with E-state index in [1.165, 1.54) is 21.6 Å². The molecule has 0 saturated carbocycles. The molecule has 4 N–H and O–H groups in total. The highest BCUT2D eigenvalue weighted by Crippen LogP contribution is 2.23. The molecule has 2 aromatic rings. The first-order valence-corrected chi connectivity index (χ1v) is 17.4. The van der Waals surface area contributed by atoms with Gasteiger partial charge in [0.05, 0.1) is 68.5 Å². The lowest BCUT2D eigenvalue weighted by molar-refractivity contribution is -0.869. The van der Waals surface area contributed by atoms with Crippen LogP contribution >= 0.6 is 21.6 Å². The molecule has 12 nitrogen and oxygen atoms in total. The number of quaternary nitrogens is 2. The van der Waals surface area contributed by atoms with Gasteiger partial charge in [0.1, 0.15) is 12.1 Å². The maximum absolute atomic E-state index is 13.1. The number of aromatic nitrogens is 2.